The van der Waals surface area contributed by atoms with Crippen molar-refractivity contribution in [1.29, 1.82) is 0 Å². The lowest BCUT2D eigenvalue weighted by molar-refractivity contribution is -0.161. The molecule has 4 fully saturated rings. The lowest BCUT2D eigenvalue weighted by atomic mass is 9.44. The first-order valence-electron chi connectivity index (χ1n) is 11.6. The van der Waals surface area contributed by atoms with Gasteiger partial charge in [0.1, 0.15) is 6.10 Å². The van der Waals surface area contributed by atoms with Crippen molar-refractivity contribution in [3.05, 3.63) is 0 Å². The lowest BCUT2D eigenvalue weighted by Crippen LogP contribution is -2.54. The van der Waals surface area contributed by atoms with Gasteiger partial charge in [-0.15, -0.1) is 0 Å². The number of carboxylic acid groups (broad SMARTS) is 1. The van der Waals surface area contributed by atoms with E-state index in [9.17, 15) is 14.7 Å². The molecule has 4 saturated carbocycles. The van der Waals surface area contributed by atoms with E-state index in [1.54, 1.807) is 0 Å². The van der Waals surface area contributed by atoms with Gasteiger partial charge in [0.25, 0.3) is 0 Å². The first-order chi connectivity index (χ1) is 13.2. The summed E-state index contributed by atoms with van der Waals surface area (Å²) in [6, 6.07) is 0. The molecule has 158 valence electrons. The second-order valence-corrected chi connectivity index (χ2v) is 11.0. The highest BCUT2D eigenvalue weighted by Gasteiger charge is 2.61. The van der Waals surface area contributed by atoms with Gasteiger partial charge in [0.2, 0.25) is 0 Å². The third-order valence-electron chi connectivity index (χ3n) is 10.0. The van der Waals surface area contributed by atoms with E-state index in [1.165, 1.54) is 45.4 Å². The van der Waals surface area contributed by atoms with Gasteiger partial charge in [-0.05, 0) is 98.2 Å². The summed E-state index contributed by atoms with van der Waals surface area (Å²) in [6.07, 6.45) is 10.6. The molecule has 0 saturated heterocycles. The Kier molecular flexibility index (Phi) is 5.07. The van der Waals surface area contributed by atoms with Gasteiger partial charge in [-0.25, -0.2) is 0 Å². The van der Waals surface area contributed by atoms with Gasteiger partial charge >= 0.3 is 11.9 Å². The van der Waals surface area contributed by atoms with Crippen LogP contribution in [-0.2, 0) is 14.3 Å². The Morgan fingerprint density at radius 1 is 0.964 bits per heavy atom. The Bertz CT molecular complexity index is 645. The number of hydrogen-bond donors (Lipinski definition) is 1. The molecule has 9 atom stereocenters. The van der Waals surface area contributed by atoms with Crippen molar-refractivity contribution in [3.63, 3.8) is 0 Å². The van der Waals surface area contributed by atoms with Crippen LogP contribution in [0, 0.1) is 46.3 Å². The topological polar surface area (TPSA) is 63.6 Å². The average Bonchev–Trinajstić information content (AvgIpc) is 2.98. The van der Waals surface area contributed by atoms with Gasteiger partial charge in [0.15, 0.2) is 0 Å². The summed E-state index contributed by atoms with van der Waals surface area (Å²) in [5.74, 6) is 2.25. The highest BCUT2D eigenvalue weighted by molar-refractivity contribution is 5.70. The van der Waals surface area contributed by atoms with Crippen molar-refractivity contribution >= 4 is 11.9 Å². The third-order valence-corrected chi connectivity index (χ3v) is 10.0. The Labute approximate surface area is 169 Å². The summed E-state index contributed by atoms with van der Waals surface area (Å²) in [4.78, 5) is 23.1. The SMILES string of the molecule is CC(=O)OC1CCC2(C)C(CCC3C2CCC2(C)C(C(C)C(=O)O)CCC32)C1. The number of ether oxygens (including phenoxy) is 1. The van der Waals surface area contributed by atoms with E-state index in [1.807, 2.05) is 6.92 Å². The zero-order chi connectivity index (χ0) is 20.3. The zero-order valence-corrected chi connectivity index (χ0v) is 18.1. The van der Waals surface area contributed by atoms with E-state index < -0.39 is 5.97 Å². The second-order valence-electron chi connectivity index (χ2n) is 11.0. The smallest absolute Gasteiger partial charge is 0.306 e. The summed E-state index contributed by atoms with van der Waals surface area (Å²) < 4.78 is 5.57. The van der Waals surface area contributed by atoms with Gasteiger partial charge < -0.3 is 9.84 Å². The summed E-state index contributed by atoms with van der Waals surface area (Å²) in [7, 11) is 0. The number of carbonyl (C=O) groups is 2. The molecule has 0 amide bonds. The molecular weight excluding hydrogens is 352 g/mol. The van der Waals surface area contributed by atoms with Crippen LogP contribution >= 0.6 is 0 Å². The molecule has 0 aromatic carbocycles. The summed E-state index contributed by atoms with van der Waals surface area (Å²) in [5.41, 5.74) is 0.578. The van der Waals surface area contributed by atoms with E-state index >= 15 is 0 Å². The lowest BCUT2D eigenvalue weighted by Gasteiger charge is -2.61. The van der Waals surface area contributed by atoms with Crippen molar-refractivity contribution in [2.75, 3.05) is 0 Å². The molecule has 28 heavy (non-hydrogen) atoms. The van der Waals surface area contributed by atoms with Crippen molar-refractivity contribution in [2.24, 2.45) is 46.3 Å². The molecule has 1 N–H and O–H groups in total. The molecule has 4 heteroatoms. The zero-order valence-electron chi connectivity index (χ0n) is 18.1. The molecule has 0 aliphatic heterocycles. The normalized spacial score (nSPS) is 48.7. The largest absolute Gasteiger partial charge is 0.481 e. The molecule has 4 aliphatic carbocycles. The average molecular weight is 391 g/mol. The van der Waals surface area contributed by atoms with Crippen LogP contribution < -0.4 is 0 Å². The third kappa shape index (κ3) is 3.01. The molecule has 0 aromatic rings. The maximum atomic E-state index is 11.7. The minimum Gasteiger partial charge on any atom is -0.481 e. The van der Waals surface area contributed by atoms with Crippen molar-refractivity contribution in [3.8, 4) is 0 Å². The first-order valence-corrected chi connectivity index (χ1v) is 11.6. The number of rotatable bonds is 3. The first kappa shape index (κ1) is 20.2. The summed E-state index contributed by atoms with van der Waals surface area (Å²) >= 11 is 0. The van der Waals surface area contributed by atoms with Crippen LogP contribution in [0.25, 0.3) is 0 Å². The molecule has 0 heterocycles. The Hall–Kier alpha value is -1.06. The fourth-order valence-corrected chi connectivity index (χ4v) is 8.59. The van der Waals surface area contributed by atoms with Crippen LogP contribution in [0.4, 0.5) is 0 Å². The number of aliphatic carboxylic acids is 1. The molecule has 0 spiro atoms. The summed E-state index contributed by atoms with van der Waals surface area (Å²) in [6.45, 7) is 8.40. The molecule has 0 radical (unpaired) electrons. The van der Waals surface area contributed by atoms with Gasteiger partial charge in [-0.2, -0.15) is 0 Å². The number of carboxylic acids is 1. The maximum Gasteiger partial charge on any atom is 0.306 e. The number of carbonyl (C=O) groups excluding carboxylic acids is 1. The molecular formula is C24H38O4. The molecule has 4 rings (SSSR count). The van der Waals surface area contributed by atoms with Crippen LogP contribution in [0.15, 0.2) is 0 Å². The fraction of sp³-hybridized carbons (Fsp3) is 0.917. The number of esters is 1. The van der Waals surface area contributed by atoms with E-state index in [2.05, 4.69) is 13.8 Å². The Balaban J connectivity index is 1.52. The summed E-state index contributed by atoms with van der Waals surface area (Å²) in [5, 5.41) is 9.63. The highest BCUT2D eigenvalue weighted by atomic mass is 16.5. The van der Waals surface area contributed by atoms with Crippen LogP contribution in [0.3, 0.4) is 0 Å². The molecule has 0 aromatic heterocycles. The van der Waals surface area contributed by atoms with Gasteiger partial charge in [0.05, 0.1) is 5.92 Å². The second kappa shape index (κ2) is 7.02. The minimum absolute atomic E-state index is 0.119. The van der Waals surface area contributed by atoms with E-state index in [4.69, 9.17) is 4.74 Å². The number of fused-ring (bicyclic) bond motifs is 5. The monoisotopic (exact) mass is 390 g/mol. The van der Waals surface area contributed by atoms with Crippen molar-refractivity contribution in [2.45, 2.75) is 91.6 Å². The molecule has 4 aliphatic rings. The van der Waals surface area contributed by atoms with E-state index in [-0.39, 0.29) is 23.4 Å². The highest BCUT2D eigenvalue weighted by Crippen LogP contribution is 2.68. The van der Waals surface area contributed by atoms with Crippen molar-refractivity contribution in [1.82, 2.24) is 0 Å². The van der Waals surface area contributed by atoms with E-state index in [0.29, 0.717) is 23.2 Å². The molecule has 0 bridgehead atoms. The number of hydrogen-bond acceptors (Lipinski definition) is 3. The fourth-order valence-electron chi connectivity index (χ4n) is 8.59. The van der Waals surface area contributed by atoms with E-state index in [0.717, 1.165) is 31.1 Å². The van der Waals surface area contributed by atoms with Crippen molar-refractivity contribution < 1.29 is 19.4 Å². The predicted octanol–water partition coefficient (Wildman–Crippen LogP) is 5.30. The van der Waals surface area contributed by atoms with Crippen LogP contribution in [0.2, 0.25) is 0 Å². The van der Waals surface area contributed by atoms with Gasteiger partial charge in [-0.3, -0.25) is 9.59 Å². The predicted molar refractivity (Wildman–Crippen MR) is 108 cm³/mol. The molecule has 9 unspecified atom stereocenters. The minimum atomic E-state index is -0.617. The van der Waals surface area contributed by atoms with Crippen LogP contribution in [-0.4, -0.2) is 23.1 Å². The Morgan fingerprint density at radius 2 is 1.64 bits per heavy atom. The van der Waals surface area contributed by atoms with Gasteiger partial charge in [-0.1, -0.05) is 20.8 Å². The standard InChI is InChI=1S/C24H38O4/c1-14(22(26)27)19-7-8-20-18-6-5-16-13-17(28-15(2)25)9-11-23(16,3)21(18)10-12-24(19,20)4/h14,16-21H,5-13H2,1-4H3,(H,26,27). The Morgan fingerprint density at radius 3 is 2.32 bits per heavy atom. The van der Waals surface area contributed by atoms with Crippen LogP contribution in [0.1, 0.15) is 85.5 Å². The molecule has 4 nitrogen and oxygen atoms in total. The van der Waals surface area contributed by atoms with Crippen LogP contribution in [0.5, 0.6) is 0 Å². The quantitative estimate of drug-likeness (QED) is 0.664. The maximum absolute atomic E-state index is 11.7. The van der Waals surface area contributed by atoms with Gasteiger partial charge in [0, 0.05) is 6.92 Å².